The molecule has 3 heteroatoms. The second-order valence-electron chi connectivity index (χ2n) is 5.23. The largest absolute Gasteiger partial charge is 0.386 e. The molecule has 2 saturated heterocycles. The molecule has 2 rings (SSSR count). The first-order chi connectivity index (χ1) is 6.59. The second-order valence-corrected chi connectivity index (χ2v) is 5.23. The van der Waals surface area contributed by atoms with E-state index in [2.05, 4.69) is 18.7 Å². The zero-order chi connectivity index (χ0) is 10.2. The highest BCUT2D eigenvalue weighted by molar-refractivity contribution is 4.91. The van der Waals surface area contributed by atoms with Crippen LogP contribution < -0.4 is 0 Å². The number of aliphatic hydroxyl groups is 1. The van der Waals surface area contributed by atoms with Crippen molar-refractivity contribution in [3.05, 3.63) is 0 Å². The Hall–Kier alpha value is -0.120. The van der Waals surface area contributed by atoms with Gasteiger partial charge in [0.1, 0.15) is 5.60 Å². The van der Waals surface area contributed by atoms with Gasteiger partial charge in [-0.2, -0.15) is 0 Å². The molecule has 2 aliphatic rings. The summed E-state index contributed by atoms with van der Waals surface area (Å²) >= 11 is 0. The summed E-state index contributed by atoms with van der Waals surface area (Å²) in [6.45, 7) is 8.90. The van der Waals surface area contributed by atoms with E-state index in [9.17, 15) is 5.11 Å². The topological polar surface area (TPSA) is 32.7 Å². The lowest BCUT2D eigenvalue weighted by atomic mass is 9.87. The van der Waals surface area contributed by atoms with E-state index in [0.717, 1.165) is 44.5 Å². The Balaban J connectivity index is 1.73. The number of rotatable bonds is 3. The van der Waals surface area contributed by atoms with Crippen LogP contribution in [0.3, 0.4) is 0 Å². The zero-order valence-electron chi connectivity index (χ0n) is 9.20. The Morgan fingerprint density at radius 1 is 1.50 bits per heavy atom. The van der Waals surface area contributed by atoms with Crippen molar-refractivity contribution in [3.8, 4) is 0 Å². The van der Waals surface area contributed by atoms with Gasteiger partial charge in [-0.25, -0.2) is 0 Å². The van der Waals surface area contributed by atoms with E-state index >= 15 is 0 Å². The van der Waals surface area contributed by atoms with Crippen molar-refractivity contribution in [1.82, 2.24) is 4.90 Å². The molecule has 1 atom stereocenters. The van der Waals surface area contributed by atoms with Gasteiger partial charge in [0.25, 0.3) is 0 Å². The van der Waals surface area contributed by atoms with Crippen molar-refractivity contribution in [2.24, 2.45) is 11.8 Å². The molecule has 0 bridgehead atoms. The smallest absolute Gasteiger partial charge is 0.103 e. The van der Waals surface area contributed by atoms with Gasteiger partial charge in [-0.3, -0.25) is 4.90 Å². The molecule has 2 fully saturated rings. The average Bonchev–Trinajstić information content (AvgIpc) is 2.44. The van der Waals surface area contributed by atoms with Crippen molar-refractivity contribution in [1.29, 1.82) is 0 Å². The van der Waals surface area contributed by atoms with E-state index in [1.54, 1.807) is 0 Å². The van der Waals surface area contributed by atoms with Gasteiger partial charge >= 0.3 is 0 Å². The third-order valence-electron chi connectivity index (χ3n) is 3.53. The molecule has 2 heterocycles. The minimum absolute atomic E-state index is 0.524. The van der Waals surface area contributed by atoms with Crippen LogP contribution in [0.2, 0.25) is 0 Å². The minimum Gasteiger partial charge on any atom is -0.386 e. The number of β-amino-alcohol motifs (C(OH)–C–C–N with tert-alkyl or cyclic N) is 1. The molecule has 14 heavy (non-hydrogen) atoms. The lowest BCUT2D eigenvalue weighted by molar-refractivity contribution is -0.0423. The molecule has 0 spiro atoms. The van der Waals surface area contributed by atoms with Crippen molar-refractivity contribution in [2.75, 3.05) is 32.8 Å². The van der Waals surface area contributed by atoms with Crippen LogP contribution in [-0.2, 0) is 4.74 Å². The number of nitrogens with zero attached hydrogens (tertiary/aromatic N) is 1. The Labute approximate surface area is 86.0 Å². The number of ether oxygens (including phenoxy) is 1. The first-order valence-corrected chi connectivity index (χ1v) is 5.61. The van der Waals surface area contributed by atoms with Gasteiger partial charge in [-0.05, 0) is 11.8 Å². The fourth-order valence-electron chi connectivity index (χ4n) is 2.30. The lowest BCUT2D eigenvalue weighted by Gasteiger charge is -2.44. The van der Waals surface area contributed by atoms with Gasteiger partial charge in [-0.1, -0.05) is 13.8 Å². The maximum absolute atomic E-state index is 10.1. The third-order valence-corrected chi connectivity index (χ3v) is 3.53. The van der Waals surface area contributed by atoms with Crippen molar-refractivity contribution in [3.63, 3.8) is 0 Å². The van der Waals surface area contributed by atoms with Gasteiger partial charge < -0.3 is 9.84 Å². The van der Waals surface area contributed by atoms with Gasteiger partial charge in [0.2, 0.25) is 0 Å². The monoisotopic (exact) mass is 199 g/mol. The van der Waals surface area contributed by atoms with Crippen LogP contribution in [0.25, 0.3) is 0 Å². The first kappa shape index (κ1) is 10.4. The van der Waals surface area contributed by atoms with Crippen molar-refractivity contribution in [2.45, 2.75) is 25.9 Å². The number of hydrogen-bond donors (Lipinski definition) is 1. The van der Waals surface area contributed by atoms with E-state index in [0.29, 0.717) is 6.61 Å². The highest BCUT2D eigenvalue weighted by atomic mass is 16.5. The summed E-state index contributed by atoms with van der Waals surface area (Å²) in [5, 5.41) is 10.1. The zero-order valence-corrected chi connectivity index (χ0v) is 9.20. The second kappa shape index (κ2) is 3.80. The molecule has 0 aromatic rings. The van der Waals surface area contributed by atoms with Crippen LogP contribution in [0, 0.1) is 11.8 Å². The molecule has 0 amide bonds. The number of likely N-dealkylation sites (tertiary alicyclic amines) is 1. The van der Waals surface area contributed by atoms with E-state index < -0.39 is 5.60 Å². The van der Waals surface area contributed by atoms with Gasteiger partial charge in [0.15, 0.2) is 0 Å². The molecule has 0 radical (unpaired) electrons. The Morgan fingerprint density at radius 3 is 2.71 bits per heavy atom. The fourth-order valence-corrected chi connectivity index (χ4v) is 2.30. The standard InChI is InChI=1S/C11H21NO2/c1-9(2)10-5-12(6-10)7-11(13)3-4-14-8-11/h9-10,13H,3-8H2,1-2H3. The first-order valence-electron chi connectivity index (χ1n) is 5.61. The molecule has 0 aromatic carbocycles. The molecule has 1 unspecified atom stereocenters. The van der Waals surface area contributed by atoms with Crippen LogP contribution in [0.1, 0.15) is 20.3 Å². The molecule has 0 aromatic heterocycles. The third kappa shape index (κ3) is 2.10. The molecule has 1 N–H and O–H groups in total. The van der Waals surface area contributed by atoms with E-state index in [1.807, 2.05) is 0 Å². The van der Waals surface area contributed by atoms with Crippen molar-refractivity contribution >= 4 is 0 Å². The molecule has 82 valence electrons. The lowest BCUT2D eigenvalue weighted by Crippen LogP contribution is -2.55. The maximum Gasteiger partial charge on any atom is 0.103 e. The van der Waals surface area contributed by atoms with Gasteiger partial charge in [-0.15, -0.1) is 0 Å². The molecule has 2 aliphatic heterocycles. The Morgan fingerprint density at radius 2 is 2.21 bits per heavy atom. The summed E-state index contributed by atoms with van der Waals surface area (Å²) < 4.78 is 5.23. The minimum atomic E-state index is -0.554. The average molecular weight is 199 g/mol. The summed E-state index contributed by atoms with van der Waals surface area (Å²) in [4.78, 5) is 2.35. The van der Waals surface area contributed by atoms with Gasteiger partial charge in [0.05, 0.1) is 6.61 Å². The summed E-state index contributed by atoms with van der Waals surface area (Å²) in [6.07, 6.45) is 0.801. The Kier molecular flexibility index (Phi) is 2.82. The highest BCUT2D eigenvalue weighted by Crippen LogP contribution is 2.27. The van der Waals surface area contributed by atoms with E-state index in [1.165, 1.54) is 0 Å². The molecular weight excluding hydrogens is 178 g/mol. The normalized spacial score (nSPS) is 35.1. The SMILES string of the molecule is CC(C)C1CN(CC2(O)CCOC2)C1. The molecular formula is C11H21NO2. The predicted molar refractivity (Wildman–Crippen MR) is 55.2 cm³/mol. The molecule has 3 nitrogen and oxygen atoms in total. The van der Waals surface area contributed by atoms with Crippen LogP contribution in [0.15, 0.2) is 0 Å². The van der Waals surface area contributed by atoms with Crippen molar-refractivity contribution < 1.29 is 9.84 Å². The van der Waals surface area contributed by atoms with Crippen LogP contribution in [0.5, 0.6) is 0 Å². The van der Waals surface area contributed by atoms with E-state index in [-0.39, 0.29) is 0 Å². The number of hydrogen-bond acceptors (Lipinski definition) is 3. The fraction of sp³-hybridized carbons (Fsp3) is 1.00. The van der Waals surface area contributed by atoms with Crippen LogP contribution >= 0.6 is 0 Å². The molecule has 0 aliphatic carbocycles. The van der Waals surface area contributed by atoms with Crippen LogP contribution in [0.4, 0.5) is 0 Å². The Bertz CT molecular complexity index is 193. The summed E-state index contributed by atoms with van der Waals surface area (Å²) in [5.41, 5.74) is -0.554. The predicted octanol–water partition coefficient (Wildman–Crippen LogP) is 0.726. The summed E-state index contributed by atoms with van der Waals surface area (Å²) in [7, 11) is 0. The highest BCUT2D eigenvalue weighted by Gasteiger charge is 2.38. The summed E-state index contributed by atoms with van der Waals surface area (Å²) in [5.74, 6) is 1.61. The van der Waals surface area contributed by atoms with Gasteiger partial charge in [0, 0.05) is 32.7 Å². The quantitative estimate of drug-likeness (QED) is 0.727. The van der Waals surface area contributed by atoms with Crippen LogP contribution in [-0.4, -0.2) is 48.5 Å². The maximum atomic E-state index is 10.1. The van der Waals surface area contributed by atoms with E-state index in [4.69, 9.17) is 4.74 Å². The molecule has 0 saturated carbocycles. The summed E-state index contributed by atoms with van der Waals surface area (Å²) in [6, 6.07) is 0.